The first-order chi connectivity index (χ1) is 9.47. The van der Waals surface area contributed by atoms with E-state index < -0.39 is 0 Å². The van der Waals surface area contributed by atoms with E-state index in [-0.39, 0.29) is 11.7 Å². The lowest BCUT2D eigenvalue weighted by Gasteiger charge is -2.13. The van der Waals surface area contributed by atoms with Crippen LogP contribution in [0.15, 0.2) is 36.5 Å². The van der Waals surface area contributed by atoms with Gasteiger partial charge in [0, 0.05) is 37.7 Å². The van der Waals surface area contributed by atoms with Gasteiger partial charge in [0.1, 0.15) is 11.4 Å². The molecule has 0 saturated heterocycles. The number of amides is 1. The van der Waals surface area contributed by atoms with Crippen molar-refractivity contribution in [1.29, 1.82) is 0 Å². The van der Waals surface area contributed by atoms with Crippen molar-refractivity contribution in [3.63, 3.8) is 0 Å². The third-order valence-corrected chi connectivity index (χ3v) is 2.96. The molecule has 0 aliphatic rings. The number of hydrogen-bond acceptors (Lipinski definition) is 4. The smallest absolute Gasteiger partial charge is 0.274 e. The van der Waals surface area contributed by atoms with Gasteiger partial charge in [-0.3, -0.25) is 9.78 Å². The third-order valence-electron chi connectivity index (χ3n) is 2.96. The van der Waals surface area contributed by atoms with Crippen LogP contribution in [0.2, 0.25) is 0 Å². The number of nitrogens with one attached hydrogen (secondary N) is 1. The average molecular weight is 271 g/mol. The Labute approximate surface area is 117 Å². The quantitative estimate of drug-likeness (QED) is 0.899. The molecule has 0 aliphatic heterocycles. The van der Waals surface area contributed by atoms with Crippen molar-refractivity contribution in [1.82, 2.24) is 4.98 Å². The van der Waals surface area contributed by atoms with E-state index >= 15 is 0 Å². The van der Waals surface area contributed by atoms with Crippen LogP contribution in [0.1, 0.15) is 16.1 Å². The van der Waals surface area contributed by atoms with Crippen LogP contribution in [0, 0.1) is 6.92 Å². The topological polar surface area (TPSA) is 65.5 Å². The number of phenols is 1. The number of nitrogens with zero attached hydrogens (tertiary/aromatic N) is 2. The number of aromatic hydroxyl groups is 1. The molecule has 5 heteroatoms. The van der Waals surface area contributed by atoms with Crippen LogP contribution < -0.4 is 10.2 Å². The number of anilines is 2. The zero-order chi connectivity index (χ0) is 14.7. The monoisotopic (exact) mass is 271 g/mol. The number of carbonyl (C=O) groups is 1. The lowest BCUT2D eigenvalue weighted by Crippen LogP contribution is -2.15. The van der Waals surface area contributed by atoms with E-state index in [9.17, 15) is 9.90 Å². The van der Waals surface area contributed by atoms with Crippen LogP contribution in [0.4, 0.5) is 11.4 Å². The van der Waals surface area contributed by atoms with Crippen LogP contribution in [0.25, 0.3) is 0 Å². The molecule has 1 aromatic heterocycles. The van der Waals surface area contributed by atoms with Gasteiger partial charge in [-0.2, -0.15) is 0 Å². The second kappa shape index (κ2) is 5.61. The molecule has 0 atom stereocenters. The number of rotatable bonds is 3. The van der Waals surface area contributed by atoms with Gasteiger partial charge >= 0.3 is 0 Å². The van der Waals surface area contributed by atoms with E-state index in [0.717, 1.165) is 11.3 Å². The number of carbonyl (C=O) groups excluding carboxylic acids is 1. The molecule has 2 rings (SSSR count). The Morgan fingerprint density at radius 3 is 2.65 bits per heavy atom. The minimum Gasteiger partial charge on any atom is -0.508 e. The molecule has 1 amide bonds. The van der Waals surface area contributed by atoms with E-state index in [4.69, 9.17) is 0 Å². The van der Waals surface area contributed by atoms with Gasteiger partial charge in [-0.25, -0.2) is 0 Å². The predicted molar refractivity (Wildman–Crippen MR) is 79.4 cm³/mol. The van der Waals surface area contributed by atoms with E-state index in [1.165, 1.54) is 6.07 Å². The molecule has 0 fully saturated rings. The summed E-state index contributed by atoms with van der Waals surface area (Å²) < 4.78 is 0. The second-order valence-electron chi connectivity index (χ2n) is 4.75. The number of aromatic nitrogens is 1. The van der Waals surface area contributed by atoms with E-state index in [1.807, 2.05) is 25.1 Å². The largest absolute Gasteiger partial charge is 0.508 e. The van der Waals surface area contributed by atoms with Crippen LogP contribution in [-0.2, 0) is 0 Å². The van der Waals surface area contributed by atoms with Crippen LogP contribution in [0.3, 0.4) is 0 Å². The fourth-order valence-electron chi connectivity index (χ4n) is 1.70. The first-order valence-corrected chi connectivity index (χ1v) is 6.21. The Hall–Kier alpha value is -2.56. The highest BCUT2D eigenvalue weighted by atomic mass is 16.3. The van der Waals surface area contributed by atoms with E-state index in [2.05, 4.69) is 10.3 Å². The summed E-state index contributed by atoms with van der Waals surface area (Å²) in [5.74, 6) is -0.158. The summed E-state index contributed by atoms with van der Waals surface area (Å²) in [5, 5.41) is 12.3. The molecule has 5 nitrogen and oxygen atoms in total. The summed E-state index contributed by atoms with van der Waals surface area (Å²) in [6, 6.07) is 8.54. The van der Waals surface area contributed by atoms with Crippen molar-refractivity contribution in [2.75, 3.05) is 24.3 Å². The fourth-order valence-corrected chi connectivity index (χ4v) is 1.70. The molecule has 1 aromatic carbocycles. The van der Waals surface area contributed by atoms with Crippen molar-refractivity contribution >= 4 is 17.3 Å². The van der Waals surface area contributed by atoms with Gasteiger partial charge in [-0.1, -0.05) is 6.07 Å². The second-order valence-corrected chi connectivity index (χ2v) is 4.75. The molecule has 2 N–H and O–H groups in total. The predicted octanol–water partition coefficient (Wildman–Crippen LogP) is 2.41. The number of aryl methyl sites for hydroxylation is 1. The number of pyridine rings is 1. The van der Waals surface area contributed by atoms with Gasteiger partial charge in [-0.05, 0) is 30.7 Å². The number of phenolic OH excluding ortho intramolecular Hbond substituents is 1. The highest BCUT2D eigenvalue weighted by Crippen LogP contribution is 2.21. The molecule has 20 heavy (non-hydrogen) atoms. The SMILES string of the molecule is Cc1ccc(NC(=O)c2cc(N(C)C)ccn2)cc1O. The minimum absolute atomic E-state index is 0.151. The normalized spacial score (nSPS) is 10.2. The molecule has 0 spiro atoms. The zero-order valence-corrected chi connectivity index (χ0v) is 11.7. The maximum Gasteiger partial charge on any atom is 0.274 e. The van der Waals surface area contributed by atoms with Gasteiger partial charge in [0.2, 0.25) is 0 Å². The Morgan fingerprint density at radius 2 is 2.00 bits per heavy atom. The van der Waals surface area contributed by atoms with Crippen molar-refractivity contribution < 1.29 is 9.90 Å². The minimum atomic E-state index is -0.308. The van der Waals surface area contributed by atoms with Crippen molar-refractivity contribution in [2.24, 2.45) is 0 Å². The third kappa shape index (κ3) is 3.06. The molecule has 0 saturated carbocycles. The molecule has 1 heterocycles. The van der Waals surface area contributed by atoms with Gasteiger partial charge < -0.3 is 15.3 Å². The first kappa shape index (κ1) is 13.9. The van der Waals surface area contributed by atoms with Crippen molar-refractivity contribution in [3.8, 4) is 5.75 Å². The summed E-state index contributed by atoms with van der Waals surface area (Å²) >= 11 is 0. The molecule has 104 valence electrons. The summed E-state index contributed by atoms with van der Waals surface area (Å²) in [6.45, 7) is 1.79. The number of hydrogen-bond donors (Lipinski definition) is 2. The first-order valence-electron chi connectivity index (χ1n) is 6.21. The summed E-state index contributed by atoms with van der Waals surface area (Å²) in [4.78, 5) is 18.1. The fraction of sp³-hybridized carbons (Fsp3) is 0.200. The maximum atomic E-state index is 12.1. The molecule has 0 aliphatic carbocycles. The van der Waals surface area contributed by atoms with Gasteiger partial charge in [0.25, 0.3) is 5.91 Å². The molecule has 2 aromatic rings. The van der Waals surface area contributed by atoms with Gasteiger partial charge in [0.15, 0.2) is 0 Å². The maximum absolute atomic E-state index is 12.1. The van der Waals surface area contributed by atoms with Crippen molar-refractivity contribution in [2.45, 2.75) is 6.92 Å². The van der Waals surface area contributed by atoms with Crippen LogP contribution in [0.5, 0.6) is 5.75 Å². The highest BCUT2D eigenvalue weighted by Gasteiger charge is 2.10. The Morgan fingerprint density at radius 1 is 1.25 bits per heavy atom. The number of benzene rings is 1. The van der Waals surface area contributed by atoms with Gasteiger partial charge in [-0.15, -0.1) is 0 Å². The molecule has 0 unspecified atom stereocenters. The molecular formula is C15H17N3O2. The van der Waals surface area contributed by atoms with E-state index in [0.29, 0.717) is 11.4 Å². The molecule has 0 bridgehead atoms. The Bertz CT molecular complexity index is 639. The van der Waals surface area contributed by atoms with Crippen LogP contribution in [-0.4, -0.2) is 30.1 Å². The standard InChI is InChI=1S/C15H17N3O2/c1-10-4-5-11(8-14(10)19)17-15(20)13-9-12(18(2)3)6-7-16-13/h4-9,19H,1-3H3,(H,17,20). The summed E-state index contributed by atoms with van der Waals surface area (Å²) in [5.41, 5.74) is 2.53. The summed E-state index contributed by atoms with van der Waals surface area (Å²) in [7, 11) is 3.80. The van der Waals surface area contributed by atoms with Gasteiger partial charge in [0.05, 0.1) is 0 Å². The Kier molecular flexibility index (Phi) is 3.89. The van der Waals surface area contributed by atoms with Crippen LogP contribution >= 0.6 is 0 Å². The lowest BCUT2D eigenvalue weighted by atomic mass is 10.2. The zero-order valence-electron chi connectivity index (χ0n) is 11.7. The van der Waals surface area contributed by atoms with Crippen molar-refractivity contribution in [3.05, 3.63) is 47.8 Å². The Balaban J connectivity index is 2.19. The van der Waals surface area contributed by atoms with E-state index in [1.54, 1.807) is 31.3 Å². The molecule has 0 radical (unpaired) electrons. The summed E-state index contributed by atoms with van der Waals surface area (Å²) in [6.07, 6.45) is 1.59. The lowest BCUT2D eigenvalue weighted by molar-refractivity contribution is 0.102. The highest BCUT2D eigenvalue weighted by molar-refractivity contribution is 6.03. The molecular weight excluding hydrogens is 254 g/mol. The average Bonchev–Trinajstić information content (AvgIpc) is 2.43.